The highest BCUT2D eigenvalue weighted by Crippen LogP contribution is 2.02. The highest BCUT2D eigenvalue weighted by molar-refractivity contribution is 5.44. The van der Waals surface area contributed by atoms with Crippen LogP contribution in [0, 0.1) is 13.8 Å². The number of nitrogens with two attached hydrogens (primary N) is 1. The quantitative estimate of drug-likeness (QED) is 0.576. The summed E-state index contributed by atoms with van der Waals surface area (Å²) in [6.45, 7) is 3.43. The molecule has 0 unspecified atom stereocenters. The number of anilines is 1. The number of nitrogens with zero attached hydrogens (tertiary/aromatic N) is 3. The predicted octanol–water partition coefficient (Wildman–Crippen LogP) is -0.383. The van der Waals surface area contributed by atoms with Crippen molar-refractivity contribution < 1.29 is 0 Å². The highest BCUT2D eigenvalue weighted by Gasteiger charge is 2.08. The monoisotopic (exact) mass is 179 g/mol. The van der Waals surface area contributed by atoms with Crippen LogP contribution in [0.3, 0.4) is 0 Å². The smallest absolute Gasteiger partial charge is 0.297 e. The summed E-state index contributed by atoms with van der Waals surface area (Å²) < 4.78 is 1.23. The van der Waals surface area contributed by atoms with Gasteiger partial charge in [0.1, 0.15) is 11.5 Å². The molecule has 0 bridgehead atoms. The predicted molar refractivity (Wildman–Crippen MR) is 47.5 cm³/mol. The number of nitrogen functional groups attached to an aromatic ring is 1. The molecule has 0 fully saturated rings. The van der Waals surface area contributed by atoms with E-state index < -0.39 is 0 Å². The van der Waals surface area contributed by atoms with Crippen LogP contribution in [0.15, 0.2) is 4.79 Å². The molecule has 2 rings (SSSR count). The summed E-state index contributed by atoms with van der Waals surface area (Å²) in [4.78, 5) is 19.6. The van der Waals surface area contributed by atoms with Gasteiger partial charge in [-0.15, -0.1) is 0 Å². The molecule has 13 heavy (non-hydrogen) atoms. The van der Waals surface area contributed by atoms with E-state index in [-0.39, 0.29) is 11.2 Å². The minimum Gasteiger partial charge on any atom is -0.393 e. The third-order valence-corrected chi connectivity index (χ3v) is 1.83. The van der Waals surface area contributed by atoms with Crippen LogP contribution in [-0.4, -0.2) is 19.6 Å². The maximum Gasteiger partial charge on any atom is 0.297 e. The SMILES string of the molecule is Cc1nc2nc(C)c(N)c(=O)n2[nH]1. The Morgan fingerprint density at radius 2 is 2.08 bits per heavy atom. The van der Waals surface area contributed by atoms with Crippen LogP contribution in [0.25, 0.3) is 5.78 Å². The number of fused-ring (bicyclic) bond motifs is 1. The molecule has 0 aliphatic carbocycles. The largest absolute Gasteiger partial charge is 0.393 e. The summed E-state index contributed by atoms with van der Waals surface area (Å²) in [6, 6.07) is 0. The number of hydrogen-bond donors (Lipinski definition) is 2. The van der Waals surface area contributed by atoms with Gasteiger partial charge in [-0.2, -0.15) is 9.50 Å². The number of aryl methyl sites for hydroxylation is 2. The van der Waals surface area contributed by atoms with Gasteiger partial charge < -0.3 is 5.73 Å². The zero-order valence-corrected chi connectivity index (χ0v) is 7.33. The third-order valence-electron chi connectivity index (χ3n) is 1.83. The summed E-state index contributed by atoms with van der Waals surface area (Å²) in [7, 11) is 0. The second kappa shape index (κ2) is 2.32. The normalized spacial score (nSPS) is 10.9. The number of aromatic nitrogens is 4. The zero-order valence-electron chi connectivity index (χ0n) is 7.33. The molecule has 2 heterocycles. The first kappa shape index (κ1) is 7.78. The second-order valence-corrected chi connectivity index (χ2v) is 2.86. The lowest BCUT2D eigenvalue weighted by Crippen LogP contribution is -2.20. The summed E-state index contributed by atoms with van der Waals surface area (Å²) in [5, 5.41) is 2.75. The molecule has 6 nitrogen and oxygen atoms in total. The lowest BCUT2D eigenvalue weighted by atomic mass is 10.4. The molecular weight excluding hydrogens is 170 g/mol. The molecule has 0 aliphatic heterocycles. The zero-order chi connectivity index (χ0) is 9.59. The van der Waals surface area contributed by atoms with Crippen LogP contribution >= 0.6 is 0 Å². The van der Waals surface area contributed by atoms with Crippen molar-refractivity contribution >= 4 is 11.5 Å². The van der Waals surface area contributed by atoms with Crippen LogP contribution < -0.4 is 11.3 Å². The van der Waals surface area contributed by atoms with Gasteiger partial charge >= 0.3 is 0 Å². The molecule has 0 saturated carbocycles. The summed E-state index contributed by atoms with van der Waals surface area (Å²) in [5.41, 5.74) is 5.88. The fourth-order valence-corrected chi connectivity index (χ4v) is 1.14. The van der Waals surface area contributed by atoms with E-state index in [1.807, 2.05) is 0 Å². The van der Waals surface area contributed by atoms with Crippen LogP contribution in [-0.2, 0) is 0 Å². The Kier molecular flexibility index (Phi) is 1.39. The van der Waals surface area contributed by atoms with Gasteiger partial charge in [-0.1, -0.05) is 0 Å². The van der Waals surface area contributed by atoms with Crippen LogP contribution in [0.2, 0.25) is 0 Å². The van der Waals surface area contributed by atoms with E-state index in [0.717, 1.165) is 0 Å². The summed E-state index contributed by atoms with van der Waals surface area (Å²) >= 11 is 0. The Bertz CT molecular complexity index is 523. The van der Waals surface area contributed by atoms with E-state index in [9.17, 15) is 4.79 Å². The minimum atomic E-state index is -0.303. The van der Waals surface area contributed by atoms with Gasteiger partial charge in [0, 0.05) is 0 Å². The van der Waals surface area contributed by atoms with E-state index in [4.69, 9.17) is 5.73 Å². The maximum atomic E-state index is 11.5. The molecule has 2 aromatic rings. The third kappa shape index (κ3) is 0.986. The van der Waals surface area contributed by atoms with Crippen LogP contribution in [0.5, 0.6) is 0 Å². The fourth-order valence-electron chi connectivity index (χ4n) is 1.14. The van der Waals surface area contributed by atoms with Crippen molar-refractivity contribution in [2.45, 2.75) is 13.8 Å². The first-order valence-corrected chi connectivity index (χ1v) is 3.81. The van der Waals surface area contributed by atoms with E-state index in [1.165, 1.54) is 4.52 Å². The summed E-state index contributed by atoms with van der Waals surface area (Å²) in [5.74, 6) is 0.990. The average Bonchev–Trinajstić information content (AvgIpc) is 2.42. The van der Waals surface area contributed by atoms with Crippen molar-refractivity contribution in [3.63, 3.8) is 0 Å². The van der Waals surface area contributed by atoms with Gasteiger partial charge in [-0.05, 0) is 13.8 Å². The molecule has 0 aromatic carbocycles. The van der Waals surface area contributed by atoms with Gasteiger partial charge in [-0.25, -0.2) is 4.98 Å². The van der Waals surface area contributed by atoms with E-state index in [0.29, 0.717) is 17.3 Å². The minimum absolute atomic E-state index is 0.154. The number of hydrogen-bond acceptors (Lipinski definition) is 4. The molecular formula is C7H9N5O. The Morgan fingerprint density at radius 3 is 2.77 bits per heavy atom. The van der Waals surface area contributed by atoms with E-state index in [2.05, 4.69) is 15.1 Å². The molecule has 0 atom stereocenters. The van der Waals surface area contributed by atoms with Crippen molar-refractivity contribution in [2.24, 2.45) is 0 Å². The van der Waals surface area contributed by atoms with E-state index in [1.54, 1.807) is 13.8 Å². The molecule has 2 aromatic heterocycles. The van der Waals surface area contributed by atoms with Gasteiger partial charge in [0.2, 0.25) is 0 Å². The van der Waals surface area contributed by atoms with E-state index >= 15 is 0 Å². The van der Waals surface area contributed by atoms with Gasteiger partial charge in [0.25, 0.3) is 11.3 Å². The molecule has 0 radical (unpaired) electrons. The Labute approximate surface area is 73.4 Å². The topological polar surface area (TPSA) is 89.1 Å². The number of aromatic amines is 1. The van der Waals surface area contributed by atoms with Crippen molar-refractivity contribution in [1.29, 1.82) is 0 Å². The highest BCUT2D eigenvalue weighted by atomic mass is 16.1. The Balaban J connectivity index is 3.01. The summed E-state index contributed by atoms with van der Waals surface area (Å²) in [6.07, 6.45) is 0. The van der Waals surface area contributed by atoms with Crippen molar-refractivity contribution in [3.8, 4) is 0 Å². The number of rotatable bonds is 0. The van der Waals surface area contributed by atoms with Crippen molar-refractivity contribution in [1.82, 2.24) is 19.6 Å². The second-order valence-electron chi connectivity index (χ2n) is 2.86. The fraction of sp³-hybridized carbons (Fsp3) is 0.286. The lowest BCUT2D eigenvalue weighted by molar-refractivity contribution is 0.877. The van der Waals surface area contributed by atoms with Gasteiger partial charge in [0.05, 0.1) is 5.69 Å². The van der Waals surface area contributed by atoms with Crippen LogP contribution in [0.1, 0.15) is 11.5 Å². The van der Waals surface area contributed by atoms with Crippen LogP contribution in [0.4, 0.5) is 5.69 Å². The molecule has 0 spiro atoms. The number of nitrogens with one attached hydrogen (secondary N) is 1. The Morgan fingerprint density at radius 1 is 1.38 bits per heavy atom. The molecule has 68 valence electrons. The molecule has 0 aliphatic rings. The molecule has 3 N–H and O–H groups in total. The average molecular weight is 179 g/mol. The Hall–Kier alpha value is -1.85. The van der Waals surface area contributed by atoms with Gasteiger partial charge in [-0.3, -0.25) is 9.89 Å². The molecule has 0 saturated heterocycles. The molecule has 6 heteroatoms. The standard InChI is InChI=1S/C7H9N5O/c1-3-5(8)6(13)12-7(9-3)10-4(2)11-12/h8H2,1-2H3,(H,9,10,11). The lowest BCUT2D eigenvalue weighted by Gasteiger charge is -1.96. The first-order chi connectivity index (χ1) is 6.09. The first-order valence-electron chi connectivity index (χ1n) is 3.81. The number of H-pyrrole nitrogens is 1. The van der Waals surface area contributed by atoms with Gasteiger partial charge in [0.15, 0.2) is 0 Å². The maximum absolute atomic E-state index is 11.5. The van der Waals surface area contributed by atoms with Crippen molar-refractivity contribution in [2.75, 3.05) is 5.73 Å². The van der Waals surface area contributed by atoms with Crippen molar-refractivity contribution in [3.05, 3.63) is 21.9 Å². The molecule has 0 amide bonds.